The third-order valence-electron chi connectivity index (χ3n) is 1.42. The molecule has 0 amide bonds. The van der Waals surface area contributed by atoms with Gasteiger partial charge in [0.05, 0.1) is 25.0 Å². The van der Waals surface area contributed by atoms with Crippen molar-refractivity contribution >= 4 is 17.3 Å². The zero-order valence-corrected chi connectivity index (χ0v) is 9.17. The summed E-state index contributed by atoms with van der Waals surface area (Å²) in [6.07, 6.45) is 0. The summed E-state index contributed by atoms with van der Waals surface area (Å²) >= 11 is 4.91. The van der Waals surface area contributed by atoms with Crippen molar-refractivity contribution in [2.24, 2.45) is 5.29 Å². The van der Waals surface area contributed by atoms with Gasteiger partial charge in [0, 0.05) is 20.8 Å². The van der Waals surface area contributed by atoms with E-state index in [0.29, 0.717) is 26.3 Å². The van der Waals surface area contributed by atoms with Crippen LogP contribution in [0, 0.1) is 4.91 Å². The standard InChI is InChI=1S/C7H15N3O3S/c1-12-5-3-8-7(14)10(9-11)4-6-13-2/h3-6H2,1-2H3,(H,8,14). The van der Waals surface area contributed by atoms with Gasteiger partial charge in [-0.15, -0.1) is 4.91 Å². The second-order valence-electron chi connectivity index (χ2n) is 2.42. The molecule has 0 spiro atoms. The van der Waals surface area contributed by atoms with E-state index in [1.165, 1.54) is 0 Å². The van der Waals surface area contributed by atoms with Crippen molar-refractivity contribution in [3.63, 3.8) is 0 Å². The average Bonchev–Trinajstić information content (AvgIpc) is 2.19. The number of methoxy groups -OCH3 is 2. The SMILES string of the molecule is COCCNC(=S)N(CCOC)N=O. The lowest BCUT2D eigenvalue weighted by Crippen LogP contribution is -2.39. The molecule has 0 rings (SSSR count). The molecule has 6 nitrogen and oxygen atoms in total. The van der Waals surface area contributed by atoms with E-state index in [1.54, 1.807) is 14.2 Å². The maximum atomic E-state index is 10.3. The molecule has 0 aromatic heterocycles. The predicted octanol–water partition coefficient (Wildman–Crippen LogP) is 0.137. The second-order valence-corrected chi connectivity index (χ2v) is 2.81. The average molecular weight is 221 g/mol. The Balaban J connectivity index is 3.73. The van der Waals surface area contributed by atoms with Gasteiger partial charge in [-0.05, 0) is 12.2 Å². The van der Waals surface area contributed by atoms with Gasteiger partial charge in [0.15, 0.2) is 5.11 Å². The third-order valence-corrected chi connectivity index (χ3v) is 1.78. The quantitative estimate of drug-likeness (QED) is 0.285. The van der Waals surface area contributed by atoms with Gasteiger partial charge in [-0.1, -0.05) is 0 Å². The molecule has 0 radical (unpaired) electrons. The summed E-state index contributed by atoms with van der Waals surface area (Å²) in [5.74, 6) is 0. The summed E-state index contributed by atoms with van der Waals surface area (Å²) in [6.45, 7) is 1.82. The van der Waals surface area contributed by atoms with Gasteiger partial charge in [-0.2, -0.15) is 0 Å². The number of hydrogen-bond donors (Lipinski definition) is 1. The minimum absolute atomic E-state index is 0.286. The molecule has 0 aromatic rings. The molecule has 0 heterocycles. The van der Waals surface area contributed by atoms with Crippen LogP contribution in [-0.4, -0.2) is 50.6 Å². The Morgan fingerprint density at radius 2 is 2.07 bits per heavy atom. The van der Waals surface area contributed by atoms with Crippen LogP contribution in [0.4, 0.5) is 0 Å². The largest absolute Gasteiger partial charge is 0.383 e. The Morgan fingerprint density at radius 1 is 1.43 bits per heavy atom. The summed E-state index contributed by atoms with van der Waals surface area (Å²) in [7, 11) is 3.13. The van der Waals surface area contributed by atoms with Crippen molar-refractivity contribution in [1.82, 2.24) is 10.3 Å². The number of ether oxygens (including phenoxy) is 2. The highest BCUT2D eigenvalue weighted by Crippen LogP contribution is 1.90. The van der Waals surface area contributed by atoms with E-state index in [-0.39, 0.29) is 5.11 Å². The van der Waals surface area contributed by atoms with Crippen LogP contribution in [-0.2, 0) is 9.47 Å². The summed E-state index contributed by atoms with van der Waals surface area (Å²) < 4.78 is 9.61. The number of nitrogens with zero attached hydrogens (tertiary/aromatic N) is 2. The summed E-state index contributed by atoms with van der Waals surface area (Å²) in [4.78, 5) is 10.3. The molecule has 0 aliphatic heterocycles. The Bertz CT molecular complexity index is 180. The molecule has 82 valence electrons. The van der Waals surface area contributed by atoms with Crippen LogP contribution in [0.15, 0.2) is 5.29 Å². The number of nitroso groups, excluding NO2 is 1. The second kappa shape index (κ2) is 8.79. The normalized spacial score (nSPS) is 9.57. The first-order valence-electron chi connectivity index (χ1n) is 4.12. The predicted molar refractivity (Wildman–Crippen MR) is 56.9 cm³/mol. The number of thiocarbonyl (C=S) groups is 1. The van der Waals surface area contributed by atoms with E-state index in [1.807, 2.05) is 0 Å². The molecule has 0 bridgehead atoms. The van der Waals surface area contributed by atoms with Gasteiger partial charge in [0.2, 0.25) is 0 Å². The van der Waals surface area contributed by atoms with Crippen LogP contribution in [0.2, 0.25) is 0 Å². The number of nitrogens with one attached hydrogen (secondary N) is 1. The summed E-state index contributed by atoms with van der Waals surface area (Å²) in [5, 5.41) is 7.01. The lowest BCUT2D eigenvalue weighted by Gasteiger charge is -2.16. The molecular formula is C7H15N3O3S. The van der Waals surface area contributed by atoms with Crippen LogP contribution in [0.1, 0.15) is 0 Å². The molecule has 7 heteroatoms. The minimum Gasteiger partial charge on any atom is -0.383 e. The fourth-order valence-corrected chi connectivity index (χ4v) is 0.935. The Labute approximate surface area is 88.5 Å². The lowest BCUT2D eigenvalue weighted by atomic mass is 10.6. The van der Waals surface area contributed by atoms with E-state index < -0.39 is 0 Å². The number of hydrogen-bond acceptors (Lipinski definition) is 5. The van der Waals surface area contributed by atoms with Gasteiger partial charge in [-0.3, -0.25) is 0 Å². The Morgan fingerprint density at radius 3 is 2.57 bits per heavy atom. The highest BCUT2D eigenvalue weighted by atomic mass is 32.1. The van der Waals surface area contributed by atoms with Gasteiger partial charge in [0.1, 0.15) is 0 Å². The summed E-state index contributed by atoms with van der Waals surface area (Å²) in [5.41, 5.74) is 0. The minimum atomic E-state index is 0.286. The third kappa shape index (κ3) is 5.79. The van der Waals surface area contributed by atoms with Crippen LogP contribution in [0.25, 0.3) is 0 Å². The molecule has 0 fully saturated rings. The van der Waals surface area contributed by atoms with Crippen LogP contribution in [0.5, 0.6) is 0 Å². The smallest absolute Gasteiger partial charge is 0.192 e. The van der Waals surface area contributed by atoms with Crippen molar-refractivity contribution in [3.05, 3.63) is 4.91 Å². The Kier molecular flexibility index (Phi) is 8.30. The highest BCUT2D eigenvalue weighted by Gasteiger charge is 2.07. The molecule has 0 atom stereocenters. The van der Waals surface area contributed by atoms with Crippen LogP contribution < -0.4 is 5.32 Å². The van der Waals surface area contributed by atoms with Gasteiger partial charge in [-0.25, -0.2) is 5.01 Å². The molecule has 1 N–H and O–H groups in total. The van der Waals surface area contributed by atoms with E-state index in [9.17, 15) is 4.91 Å². The van der Waals surface area contributed by atoms with E-state index in [2.05, 4.69) is 10.6 Å². The fourth-order valence-electron chi connectivity index (χ4n) is 0.708. The zero-order chi connectivity index (χ0) is 10.8. The molecule has 14 heavy (non-hydrogen) atoms. The molecule has 0 aliphatic rings. The molecular weight excluding hydrogens is 206 g/mol. The van der Waals surface area contributed by atoms with Gasteiger partial charge < -0.3 is 14.8 Å². The first kappa shape index (κ1) is 13.2. The molecule has 0 aromatic carbocycles. The van der Waals surface area contributed by atoms with Crippen molar-refractivity contribution in [2.75, 3.05) is 40.5 Å². The maximum Gasteiger partial charge on any atom is 0.192 e. The lowest BCUT2D eigenvalue weighted by molar-refractivity contribution is 0.175. The fraction of sp³-hybridized carbons (Fsp3) is 0.857. The maximum absolute atomic E-state index is 10.3. The number of rotatable bonds is 7. The van der Waals surface area contributed by atoms with Gasteiger partial charge in [0.25, 0.3) is 0 Å². The molecule has 0 saturated carbocycles. The molecule has 0 unspecified atom stereocenters. The molecule has 0 aliphatic carbocycles. The van der Waals surface area contributed by atoms with Crippen LogP contribution >= 0.6 is 12.2 Å². The highest BCUT2D eigenvalue weighted by molar-refractivity contribution is 7.80. The molecule has 0 saturated heterocycles. The first-order valence-corrected chi connectivity index (χ1v) is 4.53. The van der Waals surface area contributed by atoms with E-state index in [0.717, 1.165) is 5.01 Å². The zero-order valence-electron chi connectivity index (χ0n) is 8.36. The van der Waals surface area contributed by atoms with Crippen molar-refractivity contribution < 1.29 is 9.47 Å². The Hall–Kier alpha value is -0.790. The van der Waals surface area contributed by atoms with E-state index >= 15 is 0 Å². The van der Waals surface area contributed by atoms with E-state index in [4.69, 9.17) is 21.7 Å². The first-order chi connectivity index (χ1) is 6.76. The van der Waals surface area contributed by atoms with Crippen molar-refractivity contribution in [2.45, 2.75) is 0 Å². The van der Waals surface area contributed by atoms with Crippen LogP contribution in [0.3, 0.4) is 0 Å². The summed E-state index contributed by atoms with van der Waals surface area (Å²) in [6, 6.07) is 0. The van der Waals surface area contributed by atoms with Crippen molar-refractivity contribution in [1.29, 1.82) is 0 Å². The monoisotopic (exact) mass is 221 g/mol. The van der Waals surface area contributed by atoms with Gasteiger partial charge >= 0.3 is 0 Å². The topological polar surface area (TPSA) is 63.2 Å². The van der Waals surface area contributed by atoms with Crippen molar-refractivity contribution in [3.8, 4) is 0 Å².